The monoisotopic (exact) mass is 292 g/mol. The molecule has 0 aromatic carbocycles. The second-order valence-electron chi connectivity index (χ2n) is 6.09. The molecule has 4 unspecified atom stereocenters. The number of nitrogens with zero attached hydrogens (tertiary/aromatic N) is 4. The summed E-state index contributed by atoms with van der Waals surface area (Å²) in [5.74, 6) is 0.482. The number of likely N-dealkylation sites (tertiary alicyclic amines) is 1. The molecule has 3 aliphatic rings. The zero-order chi connectivity index (χ0) is 14.7. The van der Waals surface area contributed by atoms with Gasteiger partial charge in [0, 0.05) is 32.0 Å². The van der Waals surface area contributed by atoms with Gasteiger partial charge < -0.3 is 9.64 Å². The fourth-order valence-electron chi connectivity index (χ4n) is 4.08. The van der Waals surface area contributed by atoms with E-state index in [4.69, 9.17) is 4.74 Å². The Labute approximate surface area is 120 Å². The number of carbonyl (C=O) groups excluding carboxylic acids is 1. The Morgan fingerprint density at radius 2 is 2.00 bits per heavy atom. The van der Waals surface area contributed by atoms with E-state index in [1.54, 1.807) is 11.9 Å². The standard InChI is InChI=1S/C13H16N4O4/c1-15-12(9(4-14-15)17(19)20)13(18)16-5-7-8(6-16)11-3-2-10(7)21-11/h4,7-8,10-11H,2-3,5-6H2,1H3. The highest BCUT2D eigenvalue weighted by molar-refractivity contribution is 5.96. The molecule has 8 heteroatoms. The SMILES string of the molecule is Cn1ncc([N+](=O)[O-])c1C(=O)N1CC2C3CCC(O3)C2C1. The van der Waals surface area contributed by atoms with Crippen LogP contribution in [0.1, 0.15) is 23.3 Å². The van der Waals surface area contributed by atoms with Crippen LogP contribution in [0, 0.1) is 22.0 Å². The lowest BCUT2D eigenvalue weighted by Gasteiger charge is -2.18. The number of rotatable bonds is 2. The number of amides is 1. The van der Waals surface area contributed by atoms with E-state index < -0.39 is 4.92 Å². The smallest absolute Gasteiger partial charge is 0.320 e. The van der Waals surface area contributed by atoms with E-state index >= 15 is 0 Å². The lowest BCUT2D eigenvalue weighted by atomic mass is 9.82. The lowest BCUT2D eigenvalue weighted by Crippen LogP contribution is -2.33. The molecule has 0 saturated carbocycles. The average Bonchev–Trinajstić information content (AvgIpc) is 3.18. The molecular formula is C13H16N4O4. The van der Waals surface area contributed by atoms with Gasteiger partial charge in [-0.05, 0) is 12.8 Å². The van der Waals surface area contributed by atoms with Gasteiger partial charge in [-0.25, -0.2) is 0 Å². The summed E-state index contributed by atoms with van der Waals surface area (Å²) in [5, 5.41) is 14.9. The zero-order valence-electron chi connectivity index (χ0n) is 11.6. The fraction of sp³-hybridized carbons (Fsp3) is 0.692. The number of aromatic nitrogens is 2. The van der Waals surface area contributed by atoms with Gasteiger partial charge in [0.1, 0.15) is 6.20 Å². The maximum Gasteiger partial charge on any atom is 0.320 e. The molecule has 1 amide bonds. The van der Waals surface area contributed by atoms with Crippen molar-refractivity contribution in [3.8, 4) is 0 Å². The van der Waals surface area contributed by atoms with Crippen LogP contribution in [0.15, 0.2) is 6.20 Å². The predicted molar refractivity (Wildman–Crippen MR) is 70.6 cm³/mol. The van der Waals surface area contributed by atoms with E-state index in [9.17, 15) is 14.9 Å². The average molecular weight is 292 g/mol. The van der Waals surface area contributed by atoms with Crippen molar-refractivity contribution < 1.29 is 14.5 Å². The van der Waals surface area contributed by atoms with Crippen LogP contribution in [0.3, 0.4) is 0 Å². The molecule has 0 N–H and O–H groups in total. The largest absolute Gasteiger partial charge is 0.374 e. The van der Waals surface area contributed by atoms with Gasteiger partial charge in [-0.15, -0.1) is 0 Å². The maximum absolute atomic E-state index is 12.6. The highest BCUT2D eigenvalue weighted by Crippen LogP contribution is 2.47. The molecule has 1 aromatic heterocycles. The van der Waals surface area contributed by atoms with Gasteiger partial charge in [0.25, 0.3) is 5.91 Å². The zero-order valence-corrected chi connectivity index (χ0v) is 11.6. The summed E-state index contributed by atoms with van der Waals surface area (Å²) >= 11 is 0. The molecule has 0 aliphatic carbocycles. The molecule has 21 heavy (non-hydrogen) atoms. The van der Waals surface area contributed by atoms with Gasteiger partial charge in [-0.1, -0.05) is 0 Å². The summed E-state index contributed by atoms with van der Waals surface area (Å²) in [6.07, 6.45) is 3.80. The third-order valence-electron chi connectivity index (χ3n) is 5.06. The summed E-state index contributed by atoms with van der Waals surface area (Å²) in [4.78, 5) is 24.8. The molecule has 4 rings (SSSR count). The summed E-state index contributed by atoms with van der Waals surface area (Å²) in [5.41, 5.74) is -0.160. The van der Waals surface area contributed by atoms with Crippen molar-refractivity contribution in [2.75, 3.05) is 13.1 Å². The van der Waals surface area contributed by atoms with E-state index in [-0.39, 0.29) is 29.5 Å². The first kappa shape index (κ1) is 12.8. The second kappa shape index (κ2) is 4.27. The Morgan fingerprint density at radius 1 is 1.38 bits per heavy atom. The van der Waals surface area contributed by atoms with Crippen molar-refractivity contribution >= 4 is 11.6 Å². The molecule has 3 aliphatic heterocycles. The summed E-state index contributed by atoms with van der Waals surface area (Å²) in [6, 6.07) is 0. The molecule has 3 fully saturated rings. The van der Waals surface area contributed by atoms with E-state index in [0.717, 1.165) is 19.0 Å². The first-order valence-corrected chi connectivity index (χ1v) is 7.17. The van der Waals surface area contributed by atoms with Crippen LogP contribution in [0.2, 0.25) is 0 Å². The van der Waals surface area contributed by atoms with Crippen molar-refractivity contribution in [1.82, 2.24) is 14.7 Å². The van der Waals surface area contributed by atoms with Crippen molar-refractivity contribution in [2.24, 2.45) is 18.9 Å². The van der Waals surface area contributed by atoms with E-state index in [2.05, 4.69) is 5.10 Å². The number of aryl methyl sites for hydroxylation is 1. The first-order valence-electron chi connectivity index (χ1n) is 7.17. The molecule has 8 nitrogen and oxygen atoms in total. The minimum atomic E-state index is -0.552. The Bertz CT molecular complexity index is 610. The molecule has 2 bridgehead atoms. The molecule has 0 radical (unpaired) electrons. The highest BCUT2D eigenvalue weighted by atomic mass is 16.6. The number of ether oxygens (including phenoxy) is 1. The minimum absolute atomic E-state index is 0.0632. The molecule has 4 atom stereocenters. The number of hydrogen-bond acceptors (Lipinski definition) is 5. The van der Waals surface area contributed by atoms with E-state index in [1.165, 1.54) is 4.68 Å². The second-order valence-corrected chi connectivity index (χ2v) is 6.09. The summed E-state index contributed by atoms with van der Waals surface area (Å²) in [6.45, 7) is 1.26. The number of nitro groups is 1. The van der Waals surface area contributed by atoms with Crippen LogP contribution in [0.25, 0.3) is 0 Å². The van der Waals surface area contributed by atoms with Crippen LogP contribution >= 0.6 is 0 Å². The molecule has 4 heterocycles. The highest BCUT2D eigenvalue weighted by Gasteiger charge is 2.54. The molecular weight excluding hydrogens is 276 g/mol. The van der Waals surface area contributed by atoms with Crippen molar-refractivity contribution in [3.63, 3.8) is 0 Å². The van der Waals surface area contributed by atoms with Crippen LogP contribution in [0.5, 0.6) is 0 Å². The van der Waals surface area contributed by atoms with Crippen LogP contribution in [0.4, 0.5) is 5.69 Å². The van der Waals surface area contributed by atoms with Crippen LogP contribution < -0.4 is 0 Å². The van der Waals surface area contributed by atoms with Gasteiger partial charge in [0.05, 0.1) is 17.1 Å². The Hall–Kier alpha value is -1.96. The number of carbonyl (C=O) groups is 1. The fourth-order valence-corrected chi connectivity index (χ4v) is 4.08. The molecule has 1 aromatic rings. The quantitative estimate of drug-likeness (QED) is 0.587. The minimum Gasteiger partial charge on any atom is -0.374 e. The third-order valence-corrected chi connectivity index (χ3v) is 5.06. The van der Waals surface area contributed by atoms with Gasteiger partial charge in [-0.3, -0.25) is 19.6 Å². The Morgan fingerprint density at radius 3 is 2.57 bits per heavy atom. The number of hydrogen-bond donors (Lipinski definition) is 0. The van der Waals surface area contributed by atoms with Crippen molar-refractivity contribution in [3.05, 3.63) is 22.0 Å². The normalized spacial score (nSPS) is 33.5. The summed E-state index contributed by atoms with van der Waals surface area (Å²) < 4.78 is 7.17. The van der Waals surface area contributed by atoms with Gasteiger partial charge in [-0.2, -0.15) is 5.10 Å². The molecule has 3 saturated heterocycles. The van der Waals surface area contributed by atoms with Gasteiger partial charge in [0.15, 0.2) is 0 Å². The van der Waals surface area contributed by atoms with Gasteiger partial charge in [0.2, 0.25) is 5.69 Å². The van der Waals surface area contributed by atoms with Crippen LogP contribution in [-0.2, 0) is 11.8 Å². The molecule has 112 valence electrons. The van der Waals surface area contributed by atoms with E-state index in [0.29, 0.717) is 24.9 Å². The van der Waals surface area contributed by atoms with Crippen molar-refractivity contribution in [1.29, 1.82) is 0 Å². The number of fused-ring (bicyclic) bond motifs is 5. The van der Waals surface area contributed by atoms with Crippen LogP contribution in [-0.4, -0.2) is 50.8 Å². The topological polar surface area (TPSA) is 90.5 Å². The summed E-state index contributed by atoms with van der Waals surface area (Å²) in [7, 11) is 1.56. The maximum atomic E-state index is 12.6. The predicted octanol–water partition coefficient (Wildman–Crippen LogP) is 0.578. The van der Waals surface area contributed by atoms with Crippen molar-refractivity contribution in [2.45, 2.75) is 25.0 Å². The van der Waals surface area contributed by atoms with Gasteiger partial charge >= 0.3 is 5.69 Å². The Kier molecular flexibility index (Phi) is 2.59. The lowest BCUT2D eigenvalue weighted by molar-refractivity contribution is -0.385. The third kappa shape index (κ3) is 1.71. The molecule has 0 spiro atoms. The Balaban J connectivity index is 1.60. The first-order chi connectivity index (χ1) is 10.1. The van der Waals surface area contributed by atoms with E-state index in [1.807, 2.05) is 0 Å².